The zero-order valence-electron chi connectivity index (χ0n) is 12.6. The van der Waals surface area contributed by atoms with Gasteiger partial charge in [0.15, 0.2) is 0 Å². The summed E-state index contributed by atoms with van der Waals surface area (Å²) in [4.78, 5) is 26.5. The third-order valence-corrected chi connectivity index (χ3v) is 3.99. The van der Waals surface area contributed by atoms with E-state index in [1.807, 2.05) is 24.3 Å². The summed E-state index contributed by atoms with van der Waals surface area (Å²) in [5.74, 6) is 0.568. The number of carbonyl (C=O) groups excluding carboxylic acids is 1. The third kappa shape index (κ3) is 2.74. The molecule has 1 aliphatic carbocycles. The molecule has 1 amide bonds. The van der Waals surface area contributed by atoms with Crippen LogP contribution in [0.4, 0.5) is 0 Å². The molecule has 2 N–H and O–H groups in total. The molecule has 1 fully saturated rings. The van der Waals surface area contributed by atoms with Gasteiger partial charge in [0, 0.05) is 17.3 Å². The van der Waals surface area contributed by atoms with Crippen LogP contribution in [0.5, 0.6) is 5.75 Å². The van der Waals surface area contributed by atoms with Gasteiger partial charge < -0.3 is 15.0 Å². The Kier molecular flexibility index (Phi) is 3.48. The topological polar surface area (TPSA) is 71.2 Å². The minimum absolute atomic E-state index is 0.220. The number of nitrogens with one attached hydrogen (secondary N) is 2. The Hall–Kier alpha value is -2.56. The van der Waals surface area contributed by atoms with Gasteiger partial charge in [0.25, 0.3) is 5.91 Å². The van der Waals surface area contributed by atoms with Crippen LogP contribution in [0.1, 0.15) is 34.5 Å². The predicted molar refractivity (Wildman–Crippen MR) is 83.2 cm³/mol. The standard InChI is InChI=1S/C17H18N2O3/c1-11-9-12(10-15(20)18-11)16(21)19-17(7-8-17)13-3-5-14(22-2)6-4-13/h3-6,9-10H,7-8H2,1-2H3,(H,18,20)(H,19,21). The van der Waals surface area contributed by atoms with E-state index in [0.29, 0.717) is 11.3 Å². The van der Waals surface area contributed by atoms with Crippen molar-refractivity contribution in [2.24, 2.45) is 0 Å². The first-order valence-corrected chi connectivity index (χ1v) is 7.20. The molecule has 5 heteroatoms. The maximum Gasteiger partial charge on any atom is 0.252 e. The third-order valence-electron chi connectivity index (χ3n) is 3.99. The van der Waals surface area contributed by atoms with Crippen molar-refractivity contribution in [2.75, 3.05) is 7.11 Å². The number of rotatable bonds is 4. The number of carbonyl (C=O) groups is 1. The van der Waals surface area contributed by atoms with Gasteiger partial charge in [-0.1, -0.05) is 12.1 Å². The van der Waals surface area contributed by atoms with E-state index in [2.05, 4.69) is 10.3 Å². The predicted octanol–water partition coefficient (Wildman–Crippen LogP) is 2.11. The molecule has 114 valence electrons. The molecule has 0 spiro atoms. The van der Waals surface area contributed by atoms with Gasteiger partial charge in [-0.15, -0.1) is 0 Å². The average Bonchev–Trinajstić information content (AvgIpc) is 3.27. The molecule has 1 saturated carbocycles. The second-order valence-electron chi connectivity index (χ2n) is 5.68. The minimum Gasteiger partial charge on any atom is -0.497 e. The summed E-state index contributed by atoms with van der Waals surface area (Å²) in [6.45, 7) is 1.76. The summed E-state index contributed by atoms with van der Waals surface area (Å²) in [6, 6.07) is 10.7. The molecule has 1 heterocycles. The Morgan fingerprint density at radius 1 is 1.23 bits per heavy atom. The van der Waals surface area contributed by atoms with E-state index in [0.717, 1.165) is 24.2 Å². The van der Waals surface area contributed by atoms with E-state index in [1.54, 1.807) is 20.1 Å². The highest BCUT2D eigenvalue weighted by atomic mass is 16.5. The van der Waals surface area contributed by atoms with Crippen LogP contribution in [0.3, 0.4) is 0 Å². The second-order valence-corrected chi connectivity index (χ2v) is 5.68. The maximum absolute atomic E-state index is 12.4. The smallest absolute Gasteiger partial charge is 0.252 e. The zero-order valence-corrected chi connectivity index (χ0v) is 12.6. The van der Waals surface area contributed by atoms with E-state index >= 15 is 0 Å². The van der Waals surface area contributed by atoms with Crippen molar-refractivity contribution < 1.29 is 9.53 Å². The summed E-state index contributed by atoms with van der Waals surface area (Å²) in [5, 5.41) is 3.06. The Morgan fingerprint density at radius 2 is 1.91 bits per heavy atom. The molecular formula is C17H18N2O3. The molecule has 0 unspecified atom stereocenters. The summed E-state index contributed by atoms with van der Waals surface area (Å²) in [6.07, 6.45) is 1.79. The highest BCUT2D eigenvalue weighted by Crippen LogP contribution is 2.46. The number of aryl methyl sites for hydroxylation is 1. The van der Waals surface area contributed by atoms with Crippen molar-refractivity contribution >= 4 is 5.91 Å². The molecular weight excluding hydrogens is 280 g/mol. The van der Waals surface area contributed by atoms with E-state index in [1.165, 1.54) is 6.07 Å². The van der Waals surface area contributed by atoms with E-state index in [4.69, 9.17) is 4.74 Å². The first kappa shape index (κ1) is 14.4. The fourth-order valence-corrected chi connectivity index (χ4v) is 2.62. The fourth-order valence-electron chi connectivity index (χ4n) is 2.62. The molecule has 1 aromatic heterocycles. The van der Waals surface area contributed by atoms with Crippen molar-refractivity contribution in [3.8, 4) is 5.75 Å². The highest BCUT2D eigenvalue weighted by Gasteiger charge is 2.45. The highest BCUT2D eigenvalue weighted by molar-refractivity contribution is 5.95. The molecule has 0 atom stereocenters. The molecule has 1 aromatic carbocycles. The zero-order chi connectivity index (χ0) is 15.7. The number of hydrogen-bond donors (Lipinski definition) is 2. The number of ether oxygens (including phenoxy) is 1. The monoisotopic (exact) mass is 298 g/mol. The lowest BCUT2D eigenvalue weighted by Gasteiger charge is -2.18. The lowest BCUT2D eigenvalue weighted by atomic mass is 10.0. The quantitative estimate of drug-likeness (QED) is 0.908. The number of H-pyrrole nitrogens is 1. The summed E-state index contributed by atoms with van der Waals surface area (Å²) in [7, 11) is 1.62. The van der Waals surface area contributed by atoms with Gasteiger partial charge in [0.1, 0.15) is 5.75 Å². The van der Waals surface area contributed by atoms with Crippen LogP contribution in [-0.4, -0.2) is 18.0 Å². The maximum atomic E-state index is 12.4. The molecule has 0 saturated heterocycles. The van der Waals surface area contributed by atoms with Crippen LogP contribution < -0.4 is 15.6 Å². The first-order valence-electron chi connectivity index (χ1n) is 7.20. The largest absolute Gasteiger partial charge is 0.497 e. The lowest BCUT2D eigenvalue weighted by Crippen LogP contribution is -2.35. The normalized spacial score (nSPS) is 15.2. The van der Waals surface area contributed by atoms with Gasteiger partial charge in [-0.25, -0.2) is 0 Å². The van der Waals surface area contributed by atoms with Gasteiger partial charge in [-0.3, -0.25) is 9.59 Å². The summed E-state index contributed by atoms with van der Waals surface area (Å²) >= 11 is 0. The van der Waals surface area contributed by atoms with Crippen LogP contribution in [0.25, 0.3) is 0 Å². The van der Waals surface area contributed by atoms with Crippen molar-refractivity contribution in [2.45, 2.75) is 25.3 Å². The number of aromatic amines is 1. The van der Waals surface area contributed by atoms with Gasteiger partial charge in [0.05, 0.1) is 12.6 Å². The van der Waals surface area contributed by atoms with E-state index in [9.17, 15) is 9.59 Å². The van der Waals surface area contributed by atoms with Crippen LogP contribution in [0.15, 0.2) is 41.2 Å². The number of benzene rings is 1. The van der Waals surface area contributed by atoms with Crippen LogP contribution in [0, 0.1) is 6.92 Å². The molecule has 0 radical (unpaired) electrons. The summed E-state index contributed by atoms with van der Waals surface area (Å²) in [5.41, 5.74) is 1.54. The molecule has 5 nitrogen and oxygen atoms in total. The van der Waals surface area contributed by atoms with Crippen LogP contribution in [0.2, 0.25) is 0 Å². The SMILES string of the molecule is COc1ccc(C2(NC(=O)c3cc(C)[nH]c(=O)c3)CC2)cc1. The molecule has 3 rings (SSSR count). The van der Waals surface area contributed by atoms with Gasteiger partial charge >= 0.3 is 0 Å². The molecule has 22 heavy (non-hydrogen) atoms. The molecule has 0 aliphatic heterocycles. The summed E-state index contributed by atoms with van der Waals surface area (Å²) < 4.78 is 5.15. The number of pyridine rings is 1. The number of amides is 1. The van der Waals surface area contributed by atoms with Crippen molar-refractivity contribution in [1.82, 2.24) is 10.3 Å². The lowest BCUT2D eigenvalue weighted by molar-refractivity contribution is 0.0930. The van der Waals surface area contributed by atoms with E-state index in [-0.39, 0.29) is 17.0 Å². The van der Waals surface area contributed by atoms with Crippen LogP contribution in [-0.2, 0) is 5.54 Å². The molecule has 1 aliphatic rings. The second kappa shape index (κ2) is 5.33. The van der Waals surface area contributed by atoms with Crippen molar-refractivity contribution in [3.05, 3.63) is 63.6 Å². The number of methoxy groups -OCH3 is 1. The van der Waals surface area contributed by atoms with Crippen molar-refractivity contribution in [1.29, 1.82) is 0 Å². The van der Waals surface area contributed by atoms with E-state index < -0.39 is 0 Å². The Balaban J connectivity index is 1.82. The fraction of sp³-hybridized carbons (Fsp3) is 0.294. The Labute approximate surface area is 128 Å². The average molecular weight is 298 g/mol. The molecule has 0 bridgehead atoms. The minimum atomic E-state index is -0.320. The van der Waals surface area contributed by atoms with Crippen molar-refractivity contribution in [3.63, 3.8) is 0 Å². The van der Waals surface area contributed by atoms with Gasteiger partial charge in [0.2, 0.25) is 5.56 Å². The number of aromatic nitrogens is 1. The Morgan fingerprint density at radius 3 is 2.45 bits per heavy atom. The van der Waals surface area contributed by atoms with Gasteiger partial charge in [-0.2, -0.15) is 0 Å². The Bertz CT molecular complexity index is 758. The molecule has 2 aromatic rings. The number of hydrogen-bond acceptors (Lipinski definition) is 3. The van der Waals surface area contributed by atoms with Gasteiger partial charge in [-0.05, 0) is 43.5 Å². The van der Waals surface area contributed by atoms with Crippen LogP contribution >= 0.6 is 0 Å². The first-order chi connectivity index (χ1) is 10.5.